The number of thioether (sulfide) groups is 1. The van der Waals surface area contributed by atoms with Crippen LogP contribution >= 0.6 is 11.8 Å². The van der Waals surface area contributed by atoms with Crippen LogP contribution in [0.15, 0.2) is 24.3 Å². The van der Waals surface area contributed by atoms with E-state index in [2.05, 4.69) is 0 Å². The summed E-state index contributed by atoms with van der Waals surface area (Å²) >= 11 is 1.41. The minimum Gasteiger partial charge on any atom is -0.497 e. The number of carbonyl (C=O) groups is 1. The molecule has 1 heterocycles. The highest BCUT2D eigenvalue weighted by atomic mass is 32.2. The first-order valence-electron chi connectivity index (χ1n) is 7.45. The van der Waals surface area contributed by atoms with Crippen molar-refractivity contribution in [3.05, 3.63) is 29.8 Å². The van der Waals surface area contributed by atoms with E-state index >= 15 is 0 Å². The van der Waals surface area contributed by atoms with Crippen molar-refractivity contribution < 1.29 is 22.7 Å². The molecule has 1 saturated heterocycles. The number of hydrogen-bond acceptors (Lipinski definition) is 3. The van der Waals surface area contributed by atoms with Gasteiger partial charge in [0.15, 0.2) is 0 Å². The summed E-state index contributed by atoms with van der Waals surface area (Å²) in [4.78, 5) is 13.4. The van der Waals surface area contributed by atoms with Crippen LogP contribution in [-0.4, -0.2) is 42.9 Å². The normalized spacial score (nSPS) is 18.8. The molecule has 128 valence electrons. The second-order valence-corrected chi connectivity index (χ2v) is 6.55. The van der Waals surface area contributed by atoms with Crippen molar-refractivity contribution in [3.63, 3.8) is 0 Å². The quantitative estimate of drug-likeness (QED) is 0.813. The Labute approximate surface area is 138 Å². The van der Waals surface area contributed by atoms with Gasteiger partial charge < -0.3 is 9.64 Å². The van der Waals surface area contributed by atoms with Crippen molar-refractivity contribution >= 4 is 17.7 Å². The first-order valence-corrected chi connectivity index (χ1v) is 8.61. The molecule has 0 aliphatic carbocycles. The van der Waals surface area contributed by atoms with E-state index in [4.69, 9.17) is 4.74 Å². The molecule has 0 radical (unpaired) electrons. The lowest BCUT2D eigenvalue weighted by molar-refractivity contribution is -0.187. The lowest BCUT2D eigenvalue weighted by atomic mass is 9.97. The number of piperidine rings is 1. The third-order valence-corrected chi connectivity index (χ3v) is 4.85. The average Bonchev–Trinajstić information content (AvgIpc) is 2.54. The molecule has 1 aliphatic heterocycles. The summed E-state index contributed by atoms with van der Waals surface area (Å²) in [6.07, 6.45) is -3.69. The molecule has 0 aromatic heterocycles. The summed E-state index contributed by atoms with van der Waals surface area (Å²) in [6, 6.07) is 7.53. The van der Waals surface area contributed by atoms with E-state index in [9.17, 15) is 18.0 Å². The molecule has 1 aliphatic rings. The van der Waals surface area contributed by atoms with Gasteiger partial charge in [0.25, 0.3) is 0 Å². The molecule has 23 heavy (non-hydrogen) atoms. The molecule has 1 atom stereocenters. The maximum absolute atomic E-state index is 12.8. The third-order valence-electron chi connectivity index (χ3n) is 3.87. The van der Waals surface area contributed by atoms with Crippen molar-refractivity contribution in [2.45, 2.75) is 24.8 Å². The number of nitrogens with zero attached hydrogens (tertiary/aromatic N) is 1. The van der Waals surface area contributed by atoms with Gasteiger partial charge in [0.1, 0.15) is 5.75 Å². The monoisotopic (exact) mass is 347 g/mol. The Morgan fingerprint density at radius 2 is 2.22 bits per heavy atom. The predicted molar refractivity (Wildman–Crippen MR) is 84.5 cm³/mol. The largest absolute Gasteiger partial charge is 0.497 e. The van der Waals surface area contributed by atoms with Crippen LogP contribution in [0.3, 0.4) is 0 Å². The van der Waals surface area contributed by atoms with Crippen molar-refractivity contribution in [2.75, 3.05) is 26.0 Å². The SMILES string of the molecule is COc1cccc(CSCC(=O)N2CCCC(C(F)(F)F)C2)c1. The fraction of sp³-hybridized carbons (Fsp3) is 0.562. The van der Waals surface area contributed by atoms with E-state index in [0.29, 0.717) is 18.7 Å². The summed E-state index contributed by atoms with van der Waals surface area (Å²) in [5.41, 5.74) is 1.02. The smallest absolute Gasteiger partial charge is 0.393 e. The Bertz CT molecular complexity index is 536. The molecular weight excluding hydrogens is 327 g/mol. The molecule has 0 saturated carbocycles. The Morgan fingerprint density at radius 3 is 2.91 bits per heavy atom. The van der Waals surface area contributed by atoms with Crippen LogP contribution in [0.2, 0.25) is 0 Å². The molecule has 1 aromatic rings. The van der Waals surface area contributed by atoms with Gasteiger partial charge in [0.2, 0.25) is 5.91 Å². The summed E-state index contributed by atoms with van der Waals surface area (Å²) in [5.74, 6) is -0.0322. The summed E-state index contributed by atoms with van der Waals surface area (Å²) in [7, 11) is 1.59. The zero-order valence-electron chi connectivity index (χ0n) is 12.9. The molecule has 1 aromatic carbocycles. The van der Waals surface area contributed by atoms with Crippen LogP contribution in [0.5, 0.6) is 5.75 Å². The number of halogens is 3. The fourth-order valence-corrected chi connectivity index (χ4v) is 3.46. The zero-order valence-corrected chi connectivity index (χ0v) is 13.8. The van der Waals surface area contributed by atoms with Crippen molar-refractivity contribution in [3.8, 4) is 5.75 Å². The molecule has 7 heteroatoms. The Morgan fingerprint density at radius 1 is 1.43 bits per heavy atom. The standard InChI is InChI=1S/C16H20F3NO2S/c1-22-14-6-2-4-12(8-14)10-23-11-15(21)20-7-3-5-13(9-20)16(17,18)19/h2,4,6,8,13H,3,5,7,9-11H2,1H3. The lowest BCUT2D eigenvalue weighted by Gasteiger charge is -2.33. The van der Waals surface area contributed by atoms with E-state index in [0.717, 1.165) is 11.3 Å². The summed E-state index contributed by atoms with van der Waals surface area (Å²) < 4.78 is 43.4. The van der Waals surface area contributed by atoms with Gasteiger partial charge in [-0.25, -0.2) is 0 Å². The maximum atomic E-state index is 12.8. The van der Waals surface area contributed by atoms with Gasteiger partial charge in [-0.2, -0.15) is 13.2 Å². The molecular formula is C16H20F3NO2S. The molecule has 0 spiro atoms. The number of hydrogen-bond donors (Lipinski definition) is 0. The van der Waals surface area contributed by atoms with Crippen LogP contribution in [0.25, 0.3) is 0 Å². The Hall–Kier alpha value is -1.37. The number of methoxy groups -OCH3 is 1. The van der Waals surface area contributed by atoms with E-state index in [-0.39, 0.29) is 24.6 Å². The highest BCUT2D eigenvalue weighted by Gasteiger charge is 2.42. The summed E-state index contributed by atoms with van der Waals surface area (Å²) in [5, 5.41) is 0. The van der Waals surface area contributed by atoms with Crippen molar-refractivity contribution in [1.82, 2.24) is 4.90 Å². The number of benzene rings is 1. The predicted octanol–water partition coefficient (Wildman–Crippen LogP) is 3.73. The molecule has 0 N–H and O–H groups in total. The van der Waals surface area contributed by atoms with Gasteiger partial charge in [0.05, 0.1) is 18.8 Å². The van der Waals surface area contributed by atoms with E-state index in [1.54, 1.807) is 7.11 Å². The highest BCUT2D eigenvalue weighted by molar-refractivity contribution is 7.99. The van der Waals surface area contributed by atoms with Gasteiger partial charge in [-0.15, -0.1) is 11.8 Å². The van der Waals surface area contributed by atoms with Crippen LogP contribution < -0.4 is 4.74 Å². The van der Waals surface area contributed by atoms with Crippen molar-refractivity contribution in [1.29, 1.82) is 0 Å². The van der Waals surface area contributed by atoms with E-state index < -0.39 is 12.1 Å². The maximum Gasteiger partial charge on any atom is 0.393 e. The molecule has 1 unspecified atom stereocenters. The van der Waals surface area contributed by atoms with E-state index in [1.165, 1.54) is 16.7 Å². The highest BCUT2D eigenvalue weighted by Crippen LogP contribution is 2.33. The van der Waals surface area contributed by atoms with Gasteiger partial charge in [0, 0.05) is 18.8 Å². The number of alkyl halides is 3. The molecule has 2 rings (SSSR count). The first kappa shape index (κ1) is 18.0. The van der Waals surface area contributed by atoms with Crippen LogP contribution in [0.1, 0.15) is 18.4 Å². The van der Waals surface area contributed by atoms with Gasteiger partial charge >= 0.3 is 6.18 Å². The van der Waals surface area contributed by atoms with Gasteiger partial charge in [-0.3, -0.25) is 4.79 Å². The number of rotatable bonds is 5. The lowest BCUT2D eigenvalue weighted by Crippen LogP contribution is -2.45. The molecule has 1 amide bonds. The average molecular weight is 347 g/mol. The number of ether oxygens (including phenoxy) is 1. The molecule has 1 fully saturated rings. The number of carbonyl (C=O) groups excluding carboxylic acids is 1. The fourth-order valence-electron chi connectivity index (χ4n) is 2.58. The zero-order chi connectivity index (χ0) is 16.9. The second-order valence-electron chi connectivity index (χ2n) is 5.56. The Kier molecular flexibility index (Phi) is 6.21. The van der Waals surface area contributed by atoms with Gasteiger partial charge in [-0.05, 0) is 30.5 Å². The van der Waals surface area contributed by atoms with Gasteiger partial charge in [-0.1, -0.05) is 12.1 Å². The van der Waals surface area contributed by atoms with E-state index in [1.807, 2.05) is 24.3 Å². The van der Waals surface area contributed by atoms with Crippen molar-refractivity contribution in [2.24, 2.45) is 5.92 Å². The first-order chi connectivity index (χ1) is 10.9. The minimum atomic E-state index is -4.22. The Balaban J connectivity index is 1.80. The number of amides is 1. The van der Waals surface area contributed by atoms with Crippen LogP contribution in [0, 0.1) is 5.92 Å². The topological polar surface area (TPSA) is 29.5 Å². The number of likely N-dealkylation sites (tertiary alicyclic amines) is 1. The molecule has 3 nitrogen and oxygen atoms in total. The third kappa shape index (κ3) is 5.34. The minimum absolute atomic E-state index is 0.115. The van der Waals surface area contributed by atoms with Crippen LogP contribution in [-0.2, 0) is 10.5 Å². The molecule has 0 bridgehead atoms. The van der Waals surface area contributed by atoms with Crippen LogP contribution in [0.4, 0.5) is 13.2 Å². The second kappa shape index (κ2) is 7.95. The summed E-state index contributed by atoms with van der Waals surface area (Å²) in [6.45, 7) is 0.215.